The predicted octanol–water partition coefficient (Wildman–Crippen LogP) is 3.06. The lowest BCUT2D eigenvalue weighted by molar-refractivity contribution is -0.126. The van der Waals surface area contributed by atoms with Crippen molar-refractivity contribution in [2.24, 2.45) is 0 Å². The van der Waals surface area contributed by atoms with Gasteiger partial charge in [-0.25, -0.2) is 0 Å². The van der Waals surface area contributed by atoms with E-state index in [-0.39, 0.29) is 18.6 Å². The van der Waals surface area contributed by atoms with Gasteiger partial charge in [0, 0.05) is 0 Å². The number of hydrogen-bond donors (Lipinski definition) is 1. The number of anilines is 1. The number of nitrogens with zero attached hydrogens (tertiary/aromatic N) is 1. The SMILES string of the molecule is COc1cc(CO)cc2c1OC(C)C(=O)N2C(C)c1ccccc1. The highest BCUT2D eigenvalue weighted by molar-refractivity contribution is 6.01. The number of amides is 1. The summed E-state index contributed by atoms with van der Waals surface area (Å²) in [6, 6.07) is 13.2. The van der Waals surface area contributed by atoms with Crippen molar-refractivity contribution in [1.29, 1.82) is 0 Å². The first-order chi connectivity index (χ1) is 11.6. The third kappa shape index (κ3) is 2.71. The number of benzene rings is 2. The van der Waals surface area contributed by atoms with E-state index in [2.05, 4.69) is 0 Å². The molecule has 0 fully saturated rings. The average Bonchev–Trinajstić information content (AvgIpc) is 2.62. The number of hydrogen-bond acceptors (Lipinski definition) is 4. The van der Waals surface area contributed by atoms with Crippen molar-refractivity contribution in [3.05, 3.63) is 53.6 Å². The van der Waals surface area contributed by atoms with Crippen molar-refractivity contribution in [3.8, 4) is 11.5 Å². The number of fused-ring (bicyclic) bond motifs is 1. The van der Waals surface area contributed by atoms with Crippen LogP contribution in [0.3, 0.4) is 0 Å². The molecule has 1 aliphatic rings. The first kappa shape index (κ1) is 16.3. The van der Waals surface area contributed by atoms with E-state index in [1.54, 1.807) is 31.1 Å². The monoisotopic (exact) mass is 327 g/mol. The fourth-order valence-electron chi connectivity index (χ4n) is 3.01. The van der Waals surface area contributed by atoms with Crippen LogP contribution < -0.4 is 14.4 Å². The number of carbonyl (C=O) groups is 1. The minimum absolute atomic E-state index is 0.115. The lowest BCUT2D eigenvalue weighted by Gasteiger charge is -2.38. The lowest BCUT2D eigenvalue weighted by Crippen LogP contribution is -2.45. The number of ether oxygens (including phenoxy) is 2. The van der Waals surface area contributed by atoms with E-state index in [1.807, 2.05) is 37.3 Å². The molecule has 1 heterocycles. The highest BCUT2D eigenvalue weighted by Crippen LogP contribution is 2.45. The van der Waals surface area contributed by atoms with Gasteiger partial charge in [0.15, 0.2) is 17.6 Å². The maximum Gasteiger partial charge on any atom is 0.268 e. The molecule has 3 rings (SSSR count). The van der Waals surface area contributed by atoms with Gasteiger partial charge in [-0.05, 0) is 37.1 Å². The Bertz CT molecular complexity index is 745. The smallest absolute Gasteiger partial charge is 0.268 e. The fourth-order valence-corrected chi connectivity index (χ4v) is 3.01. The van der Waals surface area contributed by atoms with E-state index >= 15 is 0 Å². The molecule has 5 heteroatoms. The fraction of sp³-hybridized carbons (Fsp3) is 0.316. The molecule has 0 saturated carbocycles. The summed E-state index contributed by atoms with van der Waals surface area (Å²) in [4.78, 5) is 14.5. The molecule has 24 heavy (non-hydrogen) atoms. The molecule has 0 spiro atoms. The van der Waals surface area contributed by atoms with Crippen LogP contribution in [-0.2, 0) is 11.4 Å². The van der Waals surface area contributed by atoms with Crippen LogP contribution in [0.1, 0.15) is 31.0 Å². The molecular weight excluding hydrogens is 306 g/mol. The zero-order valence-corrected chi connectivity index (χ0v) is 14.0. The van der Waals surface area contributed by atoms with E-state index in [0.29, 0.717) is 22.7 Å². The summed E-state index contributed by atoms with van der Waals surface area (Å²) >= 11 is 0. The summed E-state index contributed by atoms with van der Waals surface area (Å²) in [5.74, 6) is 0.932. The van der Waals surface area contributed by atoms with Gasteiger partial charge < -0.3 is 14.6 Å². The Hall–Kier alpha value is -2.53. The molecule has 0 aromatic heterocycles. The summed E-state index contributed by atoms with van der Waals surface area (Å²) in [6.45, 7) is 3.57. The van der Waals surface area contributed by atoms with Gasteiger partial charge >= 0.3 is 0 Å². The van der Waals surface area contributed by atoms with Crippen LogP contribution in [-0.4, -0.2) is 24.2 Å². The second-order valence-corrected chi connectivity index (χ2v) is 5.86. The highest BCUT2D eigenvalue weighted by Gasteiger charge is 2.37. The molecule has 0 aliphatic carbocycles. The maximum absolute atomic E-state index is 12.8. The zero-order chi connectivity index (χ0) is 17.3. The van der Waals surface area contributed by atoms with Crippen LogP contribution in [0.5, 0.6) is 11.5 Å². The summed E-state index contributed by atoms with van der Waals surface area (Å²) in [5.41, 5.74) is 2.32. The second kappa shape index (κ2) is 6.53. The molecule has 1 amide bonds. The molecule has 1 aliphatic heterocycles. The van der Waals surface area contributed by atoms with E-state index < -0.39 is 6.10 Å². The van der Waals surface area contributed by atoms with Crippen LogP contribution in [0.25, 0.3) is 0 Å². The van der Waals surface area contributed by atoms with Gasteiger partial charge in [0.1, 0.15) is 0 Å². The van der Waals surface area contributed by atoms with Crippen molar-refractivity contribution in [1.82, 2.24) is 0 Å². The number of aliphatic hydroxyl groups excluding tert-OH is 1. The largest absolute Gasteiger partial charge is 0.493 e. The van der Waals surface area contributed by atoms with Gasteiger partial charge in [0.25, 0.3) is 5.91 Å². The summed E-state index contributed by atoms with van der Waals surface area (Å²) in [6.07, 6.45) is -0.600. The quantitative estimate of drug-likeness (QED) is 0.937. The van der Waals surface area contributed by atoms with E-state index in [4.69, 9.17) is 9.47 Å². The Morgan fingerprint density at radius 3 is 2.62 bits per heavy atom. The van der Waals surface area contributed by atoms with Crippen molar-refractivity contribution in [3.63, 3.8) is 0 Å². The third-order valence-electron chi connectivity index (χ3n) is 4.31. The highest BCUT2D eigenvalue weighted by atomic mass is 16.5. The number of methoxy groups -OCH3 is 1. The Labute approximate surface area is 141 Å². The van der Waals surface area contributed by atoms with Gasteiger partial charge in [-0.1, -0.05) is 30.3 Å². The van der Waals surface area contributed by atoms with Crippen LogP contribution >= 0.6 is 0 Å². The maximum atomic E-state index is 12.8. The van der Waals surface area contributed by atoms with Crippen LogP contribution in [0.4, 0.5) is 5.69 Å². The number of rotatable bonds is 4. The molecule has 2 aromatic rings. The first-order valence-electron chi connectivity index (χ1n) is 7.93. The summed E-state index contributed by atoms with van der Waals surface area (Å²) in [5, 5.41) is 9.52. The second-order valence-electron chi connectivity index (χ2n) is 5.86. The first-order valence-corrected chi connectivity index (χ1v) is 7.93. The predicted molar refractivity (Wildman–Crippen MR) is 91.3 cm³/mol. The molecule has 0 saturated heterocycles. The minimum atomic E-state index is -0.600. The van der Waals surface area contributed by atoms with Gasteiger partial charge in [-0.3, -0.25) is 9.69 Å². The van der Waals surface area contributed by atoms with Crippen molar-refractivity contribution >= 4 is 11.6 Å². The van der Waals surface area contributed by atoms with Crippen molar-refractivity contribution in [2.45, 2.75) is 32.6 Å². The third-order valence-corrected chi connectivity index (χ3v) is 4.31. The molecule has 2 unspecified atom stereocenters. The van der Waals surface area contributed by atoms with Gasteiger partial charge in [-0.2, -0.15) is 0 Å². The average molecular weight is 327 g/mol. The Balaban J connectivity index is 2.15. The van der Waals surface area contributed by atoms with Crippen LogP contribution in [0, 0.1) is 0 Å². The Morgan fingerprint density at radius 2 is 2.00 bits per heavy atom. The Kier molecular flexibility index (Phi) is 4.44. The normalized spacial score (nSPS) is 17.9. The standard InChI is InChI=1S/C19H21NO4/c1-12(15-7-5-4-6-8-15)20-16-9-14(11-21)10-17(23-3)18(16)24-13(2)19(20)22/h4-10,12-13,21H,11H2,1-3H3. The van der Waals surface area contributed by atoms with Crippen molar-refractivity contribution < 1.29 is 19.4 Å². The molecular formula is C19H21NO4. The van der Waals surface area contributed by atoms with Gasteiger partial charge in [0.2, 0.25) is 0 Å². The summed E-state index contributed by atoms with van der Waals surface area (Å²) < 4.78 is 11.2. The number of carbonyl (C=O) groups excluding carboxylic acids is 1. The van der Waals surface area contributed by atoms with Gasteiger partial charge in [0.05, 0.1) is 25.4 Å². The van der Waals surface area contributed by atoms with Crippen LogP contribution in [0.15, 0.2) is 42.5 Å². The minimum Gasteiger partial charge on any atom is -0.493 e. The zero-order valence-electron chi connectivity index (χ0n) is 14.0. The molecule has 0 bridgehead atoms. The lowest BCUT2D eigenvalue weighted by atomic mass is 10.0. The molecule has 5 nitrogen and oxygen atoms in total. The summed E-state index contributed by atoms with van der Waals surface area (Å²) in [7, 11) is 1.55. The Morgan fingerprint density at radius 1 is 1.29 bits per heavy atom. The van der Waals surface area contributed by atoms with Crippen molar-refractivity contribution in [2.75, 3.05) is 12.0 Å². The van der Waals surface area contributed by atoms with Gasteiger partial charge in [-0.15, -0.1) is 0 Å². The van der Waals surface area contributed by atoms with E-state index in [9.17, 15) is 9.90 Å². The van der Waals surface area contributed by atoms with E-state index in [0.717, 1.165) is 5.56 Å². The molecule has 1 N–H and O–H groups in total. The molecule has 2 aromatic carbocycles. The van der Waals surface area contributed by atoms with Crippen LogP contribution in [0.2, 0.25) is 0 Å². The van der Waals surface area contributed by atoms with E-state index in [1.165, 1.54) is 0 Å². The molecule has 0 radical (unpaired) electrons. The molecule has 2 atom stereocenters. The molecule has 126 valence electrons. The topological polar surface area (TPSA) is 59.0 Å². The number of aliphatic hydroxyl groups is 1.